The van der Waals surface area contributed by atoms with Gasteiger partial charge in [0.05, 0.1) is 6.04 Å². The highest BCUT2D eigenvalue weighted by Crippen LogP contribution is 2.20. The van der Waals surface area contributed by atoms with Crippen LogP contribution in [0.2, 0.25) is 5.02 Å². The minimum atomic E-state index is -0.306. The lowest BCUT2D eigenvalue weighted by Gasteiger charge is -2.20. The van der Waals surface area contributed by atoms with E-state index in [0.717, 1.165) is 5.56 Å². The van der Waals surface area contributed by atoms with E-state index >= 15 is 0 Å². The molecule has 0 aliphatic rings. The highest BCUT2D eigenvalue weighted by molar-refractivity contribution is 6.30. The van der Waals surface area contributed by atoms with E-state index in [0.29, 0.717) is 5.02 Å². The fourth-order valence-electron chi connectivity index (χ4n) is 1.39. The monoisotopic (exact) mass is 228 g/mol. The van der Waals surface area contributed by atoms with Gasteiger partial charge in [0.25, 0.3) is 0 Å². The summed E-state index contributed by atoms with van der Waals surface area (Å²) in [4.78, 5) is 12.0. The molecule has 0 N–H and O–H groups in total. The molecule has 5 heteroatoms. The summed E-state index contributed by atoms with van der Waals surface area (Å²) in [6, 6.07) is 6.91. The van der Waals surface area contributed by atoms with Crippen LogP contribution >= 0.6 is 11.6 Å². The van der Waals surface area contributed by atoms with Crippen LogP contribution in [-0.4, -0.2) is 30.5 Å². The van der Waals surface area contributed by atoms with Gasteiger partial charge in [0.2, 0.25) is 6.54 Å². The van der Waals surface area contributed by atoms with Gasteiger partial charge in [-0.05, 0) is 31.8 Å². The third-order valence-electron chi connectivity index (χ3n) is 2.20. The number of hydrogen-bond acceptors (Lipinski definition) is 3. The maximum Gasteiger partial charge on any atom is 0.223 e. The van der Waals surface area contributed by atoms with Crippen LogP contribution in [0.15, 0.2) is 24.3 Å². The largest absolute Gasteiger partial charge is 0.297 e. The first-order chi connectivity index (χ1) is 7.00. The van der Waals surface area contributed by atoms with E-state index < -0.39 is 0 Å². The molecule has 0 aliphatic carbocycles. The lowest BCUT2D eigenvalue weighted by molar-refractivity contribution is -0.487. The molecule has 0 heterocycles. The third kappa shape index (κ3) is 3.49. The smallest absolute Gasteiger partial charge is 0.223 e. The van der Waals surface area contributed by atoms with E-state index in [2.05, 4.69) is 0 Å². The molecule has 82 valence electrons. The second-order valence-electron chi connectivity index (χ2n) is 3.55. The number of halogens is 1. The fraction of sp³-hybridized carbons (Fsp3) is 0.400. The Balaban J connectivity index is 2.88. The Labute approximate surface area is 93.6 Å². The fourth-order valence-corrected chi connectivity index (χ4v) is 1.52. The van der Waals surface area contributed by atoms with E-state index in [1.807, 2.05) is 31.1 Å². The van der Waals surface area contributed by atoms with Crippen molar-refractivity contribution in [2.75, 3.05) is 20.6 Å². The SMILES string of the molecule is CN(C)C(C[N+](=O)[O-])c1ccc(Cl)cc1. The molecule has 0 aromatic heterocycles. The summed E-state index contributed by atoms with van der Waals surface area (Å²) in [6.45, 7) is -0.103. The maximum absolute atomic E-state index is 10.5. The first kappa shape index (κ1) is 11.9. The number of rotatable bonds is 4. The molecule has 0 bridgehead atoms. The van der Waals surface area contributed by atoms with Crippen LogP contribution in [0.1, 0.15) is 11.6 Å². The van der Waals surface area contributed by atoms with Gasteiger partial charge in [-0.3, -0.25) is 15.0 Å². The summed E-state index contributed by atoms with van der Waals surface area (Å²) in [5, 5.41) is 11.1. The average molecular weight is 229 g/mol. The second-order valence-corrected chi connectivity index (χ2v) is 3.98. The summed E-state index contributed by atoms with van der Waals surface area (Å²) < 4.78 is 0. The molecule has 0 spiro atoms. The van der Waals surface area contributed by atoms with Crippen molar-refractivity contribution in [3.05, 3.63) is 45.0 Å². The predicted octanol–water partition coefficient (Wildman–Crippen LogP) is 2.22. The molecule has 15 heavy (non-hydrogen) atoms. The molecule has 4 nitrogen and oxygen atoms in total. The minimum absolute atomic E-state index is 0.103. The first-order valence-electron chi connectivity index (χ1n) is 4.54. The molecule has 1 aromatic rings. The Hall–Kier alpha value is -1.13. The number of nitro groups is 1. The van der Waals surface area contributed by atoms with Gasteiger partial charge in [0, 0.05) is 9.95 Å². The average Bonchev–Trinajstić information content (AvgIpc) is 2.15. The highest BCUT2D eigenvalue weighted by Gasteiger charge is 2.19. The molecule has 0 radical (unpaired) electrons. The van der Waals surface area contributed by atoms with E-state index in [1.54, 1.807) is 12.1 Å². The van der Waals surface area contributed by atoms with E-state index in [9.17, 15) is 10.1 Å². The molecule has 1 aromatic carbocycles. The molecule has 0 saturated heterocycles. The summed E-state index contributed by atoms with van der Waals surface area (Å²) in [5.41, 5.74) is 0.904. The van der Waals surface area contributed by atoms with Crippen LogP contribution in [0.25, 0.3) is 0 Å². The van der Waals surface area contributed by atoms with Gasteiger partial charge in [0.15, 0.2) is 0 Å². The van der Waals surface area contributed by atoms with Crippen molar-refractivity contribution < 1.29 is 4.92 Å². The lowest BCUT2D eigenvalue weighted by Crippen LogP contribution is -2.26. The lowest BCUT2D eigenvalue weighted by atomic mass is 10.1. The van der Waals surface area contributed by atoms with E-state index in [-0.39, 0.29) is 17.5 Å². The number of benzene rings is 1. The third-order valence-corrected chi connectivity index (χ3v) is 2.45. The van der Waals surface area contributed by atoms with Gasteiger partial charge in [-0.1, -0.05) is 23.7 Å². The van der Waals surface area contributed by atoms with E-state index in [1.165, 1.54) is 0 Å². The molecule has 0 fully saturated rings. The minimum Gasteiger partial charge on any atom is -0.297 e. The van der Waals surface area contributed by atoms with Crippen molar-refractivity contribution in [2.24, 2.45) is 0 Å². The molecular weight excluding hydrogens is 216 g/mol. The first-order valence-corrected chi connectivity index (χ1v) is 4.92. The van der Waals surface area contributed by atoms with Crippen LogP contribution < -0.4 is 0 Å². The van der Waals surface area contributed by atoms with Gasteiger partial charge in [-0.2, -0.15) is 0 Å². The van der Waals surface area contributed by atoms with Gasteiger partial charge < -0.3 is 0 Å². The van der Waals surface area contributed by atoms with Crippen molar-refractivity contribution in [3.8, 4) is 0 Å². The van der Waals surface area contributed by atoms with Crippen molar-refractivity contribution in [1.29, 1.82) is 0 Å². The normalized spacial score (nSPS) is 12.8. The molecular formula is C10H13ClN2O2. The van der Waals surface area contributed by atoms with Crippen LogP contribution in [0, 0.1) is 10.1 Å². The van der Waals surface area contributed by atoms with Crippen molar-refractivity contribution >= 4 is 11.6 Å². The Bertz CT molecular complexity index is 338. The maximum atomic E-state index is 10.5. The summed E-state index contributed by atoms with van der Waals surface area (Å²) in [5.74, 6) is 0. The van der Waals surface area contributed by atoms with Crippen molar-refractivity contribution in [1.82, 2.24) is 4.90 Å². The molecule has 0 saturated carbocycles. The van der Waals surface area contributed by atoms with E-state index in [4.69, 9.17) is 11.6 Å². The van der Waals surface area contributed by atoms with Gasteiger partial charge in [-0.15, -0.1) is 0 Å². The molecule has 1 rings (SSSR count). The molecule has 0 amide bonds. The van der Waals surface area contributed by atoms with Crippen LogP contribution in [0.5, 0.6) is 0 Å². The molecule has 0 aliphatic heterocycles. The summed E-state index contributed by atoms with van der Waals surface area (Å²) >= 11 is 5.75. The standard InChI is InChI=1S/C10H13ClN2O2/c1-12(2)10(7-13(14)15)8-3-5-9(11)6-4-8/h3-6,10H,7H2,1-2H3. The molecule has 1 unspecified atom stereocenters. The van der Waals surface area contributed by atoms with Gasteiger partial charge in [0.1, 0.15) is 0 Å². The Morgan fingerprint density at radius 1 is 1.40 bits per heavy atom. The Morgan fingerprint density at radius 2 is 1.93 bits per heavy atom. The van der Waals surface area contributed by atoms with Crippen molar-refractivity contribution in [2.45, 2.75) is 6.04 Å². The Morgan fingerprint density at radius 3 is 2.33 bits per heavy atom. The zero-order chi connectivity index (χ0) is 11.4. The van der Waals surface area contributed by atoms with Crippen molar-refractivity contribution in [3.63, 3.8) is 0 Å². The number of likely N-dealkylation sites (N-methyl/N-ethyl adjacent to an activating group) is 1. The summed E-state index contributed by atoms with van der Waals surface area (Å²) in [6.07, 6.45) is 0. The number of hydrogen-bond donors (Lipinski definition) is 0. The Kier molecular flexibility index (Phi) is 4.05. The predicted molar refractivity (Wildman–Crippen MR) is 59.7 cm³/mol. The molecule has 1 atom stereocenters. The van der Waals surface area contributed by atoms with Crippen LogP contribution in [0.3, 0.4) is 0 Å². The topological polar surface area (TPSA) is 46.4 Å². The second kappa shape index (κ2) is 5.09. The van der Waals surface area contributed by atoms with Crippen LogP contribution in [-0.2, 0) is 0 Å². The highest BCUT2D eigenvalue weighted by atomic mass is 35.5. The summed E-state index contributed by atoms with van der Waals surface area (Å²) in [7, 11) is 3.64. The quantitative estimate of drug-likeness (QED) is 0.587. The van der Waals surface area contributed by atoms with Gasteiger partial charge in [-0.25, -0.2) is 0 Å². The van der Waals surface area contributed by atoms with Gasteiger partial charge >= 0.3 is 0 Å². The zero-order valence-electron chi connectivity index (χ0n) is 8.68. The van der Waals surface area contributed by atoms with Crippen LogP contribution in [0.4, 0.5) is 0 Å². The number of nitrogens with zero attached hydrogens (tertiary/aromatic N) is 2. The zero-order valence-corrected chi connectivity index (χ0v) is 9.44.